The smallest absolute Gasteiger partial charge is 0.449 e. The van der Waals surface area contributed by atoms with Crippen molar-refractivity contribution >= 4 is 12.3 Å². The van der Waals surface area contributed by atoms with Gasteiger partial charge in [-0.05, 0) is 31.0 Å². The molecule has 0 saturated carbocycles. The van der Waals surface area contributed by atoms with E-state index in [1.54, 1.807) is 19.9 Å². The van der Waals surface area contributed by atoms with E-state index < -0.39 is 12.3 Å². The Kier molecular flexibility index (Phi) is 3.34. The molecule has 6 heteroatoms. The second-order valence-corrected chi connectivity index (χ2v) is 3.07. The zero-order valence-electron chi connectivity index (χ0n) is 8.68. The van der Waals surface area contributed by atoms with Gasteiger partial charge in [0.05, 0.1) is 0 Å². The molecule has 0 fully saturated rings. The highest BCUT2D eigenvalue weighted by Gasteiger charge is 2.16. The molecule has 0 radical (unpaired) electrons. The zero-order chi connectivity index (χ0) is 12.3. The molecule has 0 aliphatic rings. The standard InChI is InChI=1S/C10H10O6/c1-5-3-4-7(15-9(11)12)8(6(5)2)16-10(13)14/h3-4H,1-2H3,(H,11,12)(H,13,14). The van der Waals surface area contributed by atoms with Gasteiger partial charge in [-0.2, -0.15) is 0 Å². The number of aryl methyl sites for hydroxylation is 1. The van der Waals surface area contributed by atoms with Crippen molar-refractivity contribution in [3.05, 3.63) is 23.3 Å². The highest BCUT2D eigenvalue weighted by Crippen LogP contribution is 2.33. The van der Waals surface area contributed by atoms with Crippen LogP contribution >= 0.6 is 0 Å². The Morgan fingerprint density at radius 2 is 1.62 bits per heavy atom. The van der Waals surface area contributed by atoms with Gasteiger partial charge in [0, 0.05) is 0 Å². The van der Waals surface area contributed by atoms with Crippen molar-refractivity contribution in [1.29, 1.82) is 0 Å². The predicted octanol–water partition coefficient (Wildman–Crippen LogP) is 2.42. The fourth-order valence-corrected chi connectivity index (χ4v) is 1.15. The summed E-state index contributed by atoms with van der Waals surface area (Å²) in [6.07, 6.45) is -3.05. The van der Waals surface area contributed by atoms with Crippen LogP contribution in [0.25, 0.3) is 0 Å². The van der Waals surface area contributed by atoms with E-state index >= 15 is 0 Å². The summed E-state index contributed by atoms with van der Waals surface area (Å²) < 4.78 is 8.90. The fraction of sp³-hybridized carbons (Fsp3) is 0.200. The first-order chi connectivity index (χ1) is 7.41. The largest absolute Gasteiger partial charge is 0.511 e. The minimum absolute atomic E-state index is 0.102. The van der Waals surface area contributed by atoms with Crippen molar-refractivity contribution in [2.24, 2.45) is 0 Å². The monoisotopic (exact) mass is 226 g/mol. The summed E-state index contributed by atoms with van der Waals surface area (Å²) in [7, 11) is 0. The number of hydrogen-bond acceptors (Lipinski definition) is 4. The maximum Gasteiger partial charge on any atom is 0.511 e. The number of hydrogen-bond donors (Lipinski definition) is 2. The van der Waals surface area contributed by atoms with Gasteiger partial charge in [-0.15, -0.1) is 0 Å². The van der Waals surface area contributed by atoms with Gasteiger partial charge in [0.15, 0.2) is 11.5 Å². The fourth-order valence-electron chi connectivity index (χ4n) is 1.15. The van der Waals surface area contributed by atoms with Gasteiger partial charge in [0.25, 0.3) is 0 Å². The van der Waals surface area contributed by atoms with Gasteiger partial charge >= 0.3 is 12.3 Å². The molecular weight excluding hydrogens is 216 g/mol. The molecule has 2 N–H and O–H groups in total. The van der Waals surface area contributed by atoms with Crippen molar-refractivity contribution in [2.45, 2.75) is 13.8 Å². The van der Waals surface area contributed by atoms with Gasteiger partial charge in [-0.3, -0.25) is 0 Å². The van der Waals surface area contributed by atoms with Gasteiger partial charge in [0.1, 0.15) is 0 Å². The van der Waals surface area contributed by atoms with Crippen LogP contribution in [0.1, 0.15) is 11.1 Å². The summed E-state index contributed by atoms with van der Waals surface area (Å²) in [6.45, 7) is 3.36. The lowest BCUT2D eigenvalue weighted by Gasteiger charge is -2.11. The summed E-state index contributed by atoms with van der Waals surface area (Å²) in [6, 6.07) is 2.96. The normalized spacial score (nSPS) is 9.62. The van der Waals surface area contributed by atoms with E-state index in [-0.39, 0.29) is 11.5 Å². The Bertz CT molecular complexity index is 437. The first-order valence-corrected chi connectivity index (χ1v) is 4.33. The number of carbonyl (C=O) groups is 2. The summed E-state index contributed by atoms with van der Waals surface area (Å²) in [5.74, 6) is -0.243. The number of rotatable bonds is 2. The molecule has 6 nitrogen and oxygen atoms in total. The van der Waals surface area contributed by atoms with Gasteiger partial charge in [-0.1, -0.05) is 6.07 Å². The second kappa shape index (κ2) is 4.52. The Morgan fingerprint density at radius 1 is 1.06 bits per heavy atom. The molecule has 0 heterocycles. The van der Waals surface area contributed by atoms with Crippen LogP contribution < -0.4 is 9.47 Å². The van der Waals surface area contributed by atoms with Gasteiger partial charge in [-0.25, -0.2) is 9.59 Å². The average Bonchev–Trinajstić information content (AvgIpc) is 2.16. The molecule has 1 rings (SSSR count). The zero-order valence-corrected chi connectivity index (χ0v) is 8.68. The van der Waals surface area contributed by atoms with Crippen molar-refractivity contribution in [3.8, 4) is 11.5 Å². The molecular formula is C10H10O6. The summed E-state index contributed by atoms with van der Waals surface area (Å²) in [5.41, 5.74) is 1.29. The number of carboxylic acid groups (broad SMARTS) is 2. The number of ether oxygens (including phenoxy) is 2. The topological polar surface area (TPSA) is 93.1 Å². The molecule has 16 heavy (non-hydrogen) atoms. The van der Waals surface area contributed by atoms with Crippen LogP contribution in [-0.4, -0.2) is 22.5 Å². The molecule has 1 aromatic rings. The van der Waals surface area contributed by atoms with E-state index in [4.69, 9.17) is 10.2 Å². The Hall–Kier alpha value is -2.24. The van der Waals surface area contributed by atoms with Crippen LogP contribution in [0.15, 0.2) is 12.1 Å². The third-order valence-corrected chi connectivity index (χ3v) is 2.03. The van der Waals surface area contributed by atoms with E-state index in [1.807, 2.05) is 0 Å². The first-order valence-electron chi connectivity index (χ1n) is 4.33. The van der Waals surface area contributed by atoms with E-state index in [9.17, 15) is 9.59 Å². The minimum Gasteiger partial charge on any atom is -0.449 e. The third-order valence-electron chi connectivity index (χ3n) is 2.03. The lowest BCUT2D eigenvalue weighted by molar-refractivity contribution is 0.132. The molecule has 0 unspecified atom stereocenters. The van der Waals surface area contributed by atoms with Crippen molar-refractivity contribution in [3.63, 3.8) is 0 Å². The van der Waals surface area contributed by atoms with Gasteiger partial charge in [0.2, 0.25) is 0 Å². The van der Waals surface area contributed by atoms with E-state index in [1.165, 1.54) is 6.07 Å². The molecule has 0 amide bonds. The predicted molar refractivity (Wildman–Crippen MR) is 53.2 cm³/mol. The quantitative estimate of drug-likeness (QED) is 0.594. The second-order valence-electron chi connectivity index (χ2n) is 3.07. The molecule has 1 aromatic carbocycles. The summed E-state index contributed by atoms with van der Waals surface area (Å²) in [4.78, 5) is 20.8. The summed E-state index contributed by atoms with van der Waals surface area (Å²) in [5, 5.41) is 17.0. The van der Waals surface area contributed by atoms with Crippen LogP contribution in [0.4, 0.5) is 9.59 Å². The van der Waals surface area contributed by atoms with E-state index in [0.29, 0.717) is 5.56 Å². The maximum absolute atomic E-state index is 10.4. The van der Waals surface area contributed by atoms with Crippen molar-refractivity contribution < 1.29 is 29.3 Å². The molecule has 86 valence electrons. The highest BCUT2D eigenvalue weighted by atomic mass is 16.7. The molecule has 0 atom stereocenters. The van der Waals surface area contributed by atoms with Crippen LogP contribution in [0.3, 0.4) is 0 Å². The van der Waals surface area contributed by atoms with Crippen molar-refractivity contribution in [2.75, 3.05) is 0 Å². The lowest BCUT2D eigenvalue weighted by atomic mass is 10.1. The number of benzene rings is 1. The molecule has 0 spiro atoms. The van der Waals surface area contributed by atoms with Crippen LogP contribution in [-0.2, 0) is 0 Å². The van der Waals surface area contributed by atoms with Crippen LogP contribution in [0.2, 0.25) is 0 Å². The molecule has 0 aliphatic heterocycles. The van der Waals surface area contributed by atoms with Crippen LogP contribution in [0, 0.1) is 13.8 Å². The van der Waals surface area contributed by atoms with E-state index in [0.717, 1.165) is 5.56 Å². The van der Waals surface area contributed by atoms with Gasteiger partial charge < -0.3 is 19.7 Å². The first kappa shape index (κ1) is 11.8. The van der Waals surface area contributed by atoms with Crippen molar-refractivity contribution in [1.82, 2.24) is 0 Å². The maximum atomic E-state index is 10.4. The SMILES string of the molecule is Cc1ccc(OC(=O)O)c(OC(=O)O)c1C. The molecule has 0 aromatic heterocycles. The van der Waals surface area contributed by atoms with E-state index in [2.05, 4.69) is 9.47 Å². The molecule has 0 saturated heterocycles. The third kappa shape index (κ3) is 2.63. The average molecular weight is 226 g/mol. The highest BCUT2D eigenvalue weighted by molar-refractivity contribution is 5.68. The minimum atomic E-state index is -1.53. The Balaban J connectivity index is 3.20. The van der Waals surface area contributed by atoms with Crippen LogP contribution in [0.5, 0.6) is 11.5 Å². The Morgan fingerprint density at radius 3 is 2.12 bits per heavy atom. The Labute approximate surface area is 91.0 Å². The lowest BCUT2D eigenvalue weighted by Crippen LogP contribution is -2.10. The molecule has 0 bridgehead atoms. The molecule has 0 aliphatic carbocycles. The summed E-state index contributed by atoms with van der Waals surface area (Å²) >= 11 is 0.